The fourth-order valence-corrected chi connectivity index (χ4v) is 2.67. The molecule has 7 heteroatoms. The maximum absolute atomic E-state index is 12.6. The van der Waals surface area contributed by atoms with E-state index in [0.717, 1.165) is 31.8 Å². The van der Waals surface area contributed by atoms with Crippen LogP contribution in [0.1, 0.15) is 25.0 Å². The normalized spacial score (nSPS) is 11.5. The smallest absolute Gasteiger partial charge is 0.416 e. The maximum atomic E-state index is 12.6. The summed E-state index contributed by atoms with van der Waals surface area (Å²) < 4.78 is 43.4. The quantitative estimate of drug-likeness (QED) is 0.676. The van der Waals surface area contributed by atoms with Gasteiger partial charge in [-0.3, -0.25) is 4.79 Å². The number of halogens is 3. The van der Waals surface area contributed by atoms with Crippen LogP contribution in [-0.4, -0.2) is 37.0 Å². The van der Waals surface area contributed by atoms with Crippen LogP contribution in [0.4, 0.5) is 18.9 Å². The molecule has 0 saturated carbocycles. The van der Waals surface area contributed by atoms with Gasteiger partial charge >= 0.3 is 6.18 Å². The highest BCUT2D eigenvalue weighted by atomic mass is 19.4. The van der Waals surface area contributed by atoms with Crippen molar-refractivity contribution in [3.8, 4) is 5.75 Å². The second-order valence-electron chi connectivity index (χ2n) is 6.32. The lowest BCUT2D eigenvalue weighted by atomic mass is 10.1. The summed E-state index contributed by atoms with van der Waals surface area (Å²) in [6.07, 6.45) is -4.38. The predicted octanol–water partition coefficient (Wildman–Crippen LogP) is 4.61. The Bertz CT molecular complexity index is 740. The minimum absolute atomic E-state index is 0.000257. The molecule has 0 fully saturated rings. The van der Waals surface area contributed by atoms with E-state index in [1.807, 2.05) is 0 Å². The predicted molar refractivity (Wildman–Crippen MR) is 104 cm³/mol. The second kappa shape index (κ2) is 10.1. The number of ether oxygens (including phenoxy) is 1. The number of anilines is 1. The number of carbonyl (C=O) groups is 1. The average molecular weight is 394 g/mol. The lowest BCUT2D eigenvalue weighted by Gasteiger charge is -2.18. The molecule has 2 rings (SSSR count). The van der Waals surface area contributed by atoms with Crippen LogP contribution in [-0.2, 0) is 17.4 Å². The number of likely N-dealkylation sites (N-methyl/N-ethyl adjacent to an activating group) is 1. The number of amides is 1. The van der Waals surface area contributed by atoms with Gasteiger partial charge in [0.15, 0.2) is 0 Å². The molecule has 0 aliphatic heterocycles. The van der Waals surface area contributed by atoms with Gasteiger partial charge in [-0.2, -0.15) is 13.2 Å². The maximum Gasteiger partial charge on any atom is 0.416 e. The number of hydrogen-bond acceptors (Lipinski definition) is 3. The van der Waals surface area contributed by atoms with Gasteiger partial charge in [0.05, 0.1) is 12.0 Å². The molecule has 152 valence electrons. The summed E-state index contributed by atoms with van der Waals surface area (Å²) in [6, 6.07) is 11.6. The van der Waals surface area contributed by atoms with Gasteiger partial charge in [0.25, 0.3) is 0 Å². The molecule has 0 aromatic heterocycles. The van der Waals surface area contributed by atoms with Crippen molar-refractivity contribution in [3.63, 3.8) is 0 Å². The minimum atomic E-state index is -4.38. The van der Waals surface area contributed by atoms with E-state index in [1.54, 1.807) is 24.3 Å². The topological polar surface area (TPSA) is 41.6 Å². The van der Waals surface area contributed by atoms with Crippen LogP contribution < -0.4 is 10.1 Å². The number of nitrogens with zero attached hydrogens (tertiary/aromatic N) is 1. The molecule has 1 amide bonds. The van der Waals surface area contributed by atoms with Crippen LogP contribution in [0.2, 0.25) is 0 Å². The van der Waals surface area contributed by atoms with Gasteiger partial charge in [-0.1, -0.05) is 26.0 Å². The van der Waals surface area contributed by atoms with E-state index >= 15 is 0 Å². The number of carbonyl (C=O) groups excluding carboxylic acids is 1. The van der Waals surface area contributed by atoms with E-state index in [1.165, 1.54) is 12.1 Å². The van der Waals surface area contributed by atoms with Crippen molar-refractivity contribution in [3.05, 3.63) is 59.7 Å². The number of hydrogen-bond donors (Lipinski definition) is 1. The lowest BCUT2D eigenvalue weighted by molar-refractivity contribution is -0.137. The highest BCUT2D eigenvalue weighted by Gasteiger charge is 2.29. The van der Waals surface area contributed by atoms with Crippen molar-refractivity contribution >= 4 is 11.6 Å². The van der Waals surface area contributed by atoms with Gasteiger partial charge in [0.2, 0.25) is 5.91 Å². The van der Waals surface area contributed by atoms with E-state index < -0.39 is 11.7 Å². The molecule has 0 atom stereocenters. The van der Waals surface area contributed by atoms with Crippen molar-refractivity contribution in [1.82, 2.24) is 4.90 Å². The summed E-state index contributed by atoms with van der Waals surface area (Å²) in [4.78, 5) is 14.4. The van der Waals surface area contributed by atoms with E-state index in [2.05, 4.69) is 24.1 Å². The molecule has 0 spiro atoms. The van der Waals surface area contributed by atoms with Crippen LogP contribution in [0.25, 0.3) is 0 Å². The number of alkyl halides is 3. The number of rotatable bonds is 9. The molecule has 4 nitrogen and oxygen atoms in total. The molecule has 0 heterocycles. The van der Waals surface area contributed by atoms with Crippen LogP contribution in [0, 0.1) is 0 Å². The zero-order chi connectivity index (χ0) is 20.6. The highest BCUT2D eigenvalue weighted by Crippen LogP contribution is 2.29. The Labute approximate surface area is 163 Å². The summed E-state index contributed by atoms with van der Waals surface area (Å²) >= 11 is 0. The minimum Gasteiger partial charge on any atom is -0.492 e. The van der Waals surface area contributed by atoms with Crippen molar-refractivity contribution in [2.24, 2.45) is 0 Å². The van der Waals surface area contributed by atoms with Gasteiger partial charge in [0.1, 0.15) is 12.4 Å². The van der Waals surface area contributed by atoms with Crippen LogP contribution in [0.15, 0.2) is 48.5 Å². The third kappa shape index (κ3) is 6.88. The van der Waals surface area contributed by atoms with Gasteiger partial charge in [-0.15, -0.1) is 0 Å². The fourth-order valence-electron chi connectivity index (χ4n) is 2.67. The van der Waals surface area contributed by atoms with E-state index in [0.29, 0.717) is 23.6 Å². The summed E-state index contributed by atoms with van der Waals surface area (Å²) in [5.41, 5.74) is 0.392. The van der Waals surface area contributed by atoms with Gasteiger partial charge in [0, 0.05) is 12.2 Å². The molecular weight excluding hydrogens is 369 g/mol. The van der Waals surface area contributed by atoms with Crippen molar-refractivity contribution in [2.75, 3.05) is 31.6 Å². The monoisotopic (exact) mass is 394 g/mol. The standard InChI is InChI=1S/C21H25F3N2O2/c1-3-26(4-2)13-14-28-19-11-9-18(10-12-19)25-20(27)15-16-5-7-17(8-6-16)21(22,23)24/h5-12H,3-4,13-15H2,1-2H3,(H,25,27). The van der Waals surface area contributed by atoms with Crippen LogP contribution in [0.5, 0.6) is 5.75 Å². The molecule has 0 aliphatic carbocycles. The SMILES string of the molecule is CCN(CC)CCOc1ccc(NC(=O)Cc2ccc(C(F)(F)F)cc2)cc1. The Morgan fingerprint density at radius 2 is 1.61 bits per heavy atom. The first kappa shape index (κ1) is 21.8. The van der Waals surface area contributed by atoms with Gasteiger partial charge in [-0.25, -0.2) is 0 Å². The van der Waals surface area contributed by atoms with E-state index in [9.17, 15) is 18.0 Å². The molecule has 0 unspecified atom stereocenters. The third-order valence-electron chi connectivity index (χ3n) is 4.35. The molecule has 28 heavy (non-hydrogen) atoms. The number of benzene rings is 2. The Balaban J connectivity index is 1.82. The first-order valence-corrected chi connectivity index (χ1v) is 9.23. The Kier molecular flexibility index (Phi) is 7.87. The van der Waals surface area contributed by atoms with E-state index in [4.69, 9.17) is 4.74 Å². The van der Waals surface area contributed by atoms with Gasteiger partial charge < -0.3 is 15.0 Å². The number of nitrogens with one attached hydrogen (secondary N) is 1. The fraction of sp³-hybridized carbons (Fsp3) is 0.381. The average Bonchev–Trinajstić information content (AvgIpc) is 2.66. The third-order valence-corrected chi connectivity index (χ3v) is 4.35. The van der Waals surface area contributed by atoms with Crippen LogP contribution >= 0.6 is 0 Å². The molecular formula is C21H25F3N2O2. The first-order valence-electron chi connectivity index (χ1n) is 9.23. The summed E-state index contributed by atoms with van der Waals surface area (Å²) in [7, 11) is 0. The summed E-state index contributed by atoms with van der Waals surface area (Å²) in [5.74, 6) is 0.419. The largest absolute Gasteiger partial charge is 0.492 e. The zero-order valence-electron chi connectivity index (χ0n) is 16.1. The van der Waals surface area contributed by atoms with Crippen molar-refractivity contribution < 1.29 is 22.7 Å². The van der Waals surface area contributed by atoms with Gasteiger partial charge in [-0.05, 0) is 55.1 Å². The highest BCUT2D eigenvalue weighted by molar-refractivity contribution is 5.92. The Morgan fingerprint density at radius 3 is 2.14 bits per heavy atom. The zero-order valence-corrected chi connectivity index (χ0v) is 16.1. The molecule has 0 radical (unpaired) electrons. The Hall–Kier alpha value is -2.54. The second-order valence-corrected chi connectivity index (χ2v) is 6.32. The van der Waals surface area contributed by atoms with Crippen molar-refractivity contribution in [1.29, 1.82) is 0 Å². The molecule has 0 aliphatic rings. The van der Waals surface area contributed by atoms with Crippen LogP contribution in [0.3, 0.4) is 0 Å². The molecule has 2 aromatic carbocycles. The summed E-state index contributed by atoms with van der Waals surface area (Å²) in [5, 5.41) is 2.73. The van der Waals surface area contributed by atoms with E-state index in [-0.39, 0.29) is 12.3 Å². The molecule has 0 bridgehead atoms. The Morgan fingerprint density at radius 1 is 1.00 bits per heavy atom. The molecule has 2 aromatic rings. The lowest BCUT2D eigenvalue weighted by Crippen LogP contribution is -2.27. The molecule has 1 N–H and O–H groups in total. The summed E-state index contributed by atoms with van der Waals surface area (Å²) in [6.45, 7) is 7.59. The van der Waals surface area contributed by atoms with Crippen molar-refractivity contribution in [2.45, 2.75) is 26.4 Å². The molecule has 0 saturated heterocycles. The first-order chi connectivity index (χ1) is 13.3.